The van der Waals surface area contributed by atoms with Crippen molar-refractivity contribution in [3.8, 4) is 0 Å². The number of hydrogen-bond donors (Lipinski definition) is 2. The third-order valence-corrected chi connectivity index (χ3v) is 7.01. The molecule has 0 spiro atoms. The van der Waals surface area contributed by atoms with Crippen molar-refractivity contribution >= 4 is 63.2 Å². The average molecular weight is 522 g/mol. The Hall–Kier alpha value is -2.96. The number of aryl methyl sites for hydroxylation is 1. The van der Waals surface area contributed by atoms with Crippen LogP contribution >= 0.6 is 34.7 Å². The molecule has 0 aliphatic rings. The molecular weight excluding hydrogens is 498 g/mol. The van der Waals surface area contributed by atoms with Crippen LogP contribution in [0.4, 0.5) is 10.8 Å². The minimum atomic E-state index is -0.393. The fraction of sp³-hybridized carbons (Fsp3) is 0.333. The average Bonchev–Trinajstić information content (AvgIpc) is 3.36. The zero-order valence-corrected chi connectivity index (χ0v) is 21.5. The fourth-order valence-corrected chi connectivity index (χ4v) is 4.62. The van der Waals surface area contributed by atoms with Gasteiger partial charge in [-0.2, -0.15) is 5.10 Å². The summed E-state index contributed by atoms with van der Waals surface area (Å²) < 4.78 is 2.24. The number of anilines is 2. The Morgan fingerprint density at radius 1 is 1.09 bits per heavy atom. The van der Waals surface area contributed by atoms with E-state index in [1.807, 2.05) is 24.3 Å². The number of halogens is 1. The summed E-state index contributed by atoms with van der Waals surface area (Å²) in [6, 6.07) is 7.54. The Labute approximate surface area is 210 Å². The lowest BCUT2D eigenvalue weighted by molar-refractivity contribution is -0.121. The molecule has 2 N–H and O–H groups in total. The van der Waals surface area contributed by atoms with E-state index in [0.717, 1.165) is 5.56 Å². The molecule has 3 rings (SSSR count). The molecule has 0 unspecified atom stereocenters. The molecule has 0 saturated heterocycles. The number of rotatable bonds is 9. The van der Waals surface area contributed by atoms with Gasteiger partial charge in [0.1, 0.15) is 0 Å². The molecule has 0 saturated carbocycles. The van der Waals surface area contributed by atoms with Gasteiger partial charge in [-0.3, -0.25) is 19.1 Å². The molecule has 34 heavy (non-hydrogen) atoms. The second-order valence-corrected chi connectivity index (χ2v) is 10.2. The number of hydrogen-bond acceptors (Lipinski definition) is 8. The molecule has 0 bridgehead atoms. The Morgan fingerprint density at radius 3 is 2.38 bits per heavy atom. The highest BCUT2D eigenvalue weighted by atomic mass is 35.5. The summed E-state index contributed by atoms with van der Waals surface area (Å²) in [7, 11) is 4.91. The summed E-state index contributed by atoms with van der Waals surface area (Å²) in [6.07, 6.45) is -0.109. The maximum Gasteiger partial charge on any atom is 0.276 e. The summed E-state index contributed by atoms with van der Waals surface area (Å²) in [5, 5.41) is 18.7. The zero-order valence-electron chi connectivity index (χ0n) is 19.1. The van der Waals surface area contributed by atoms with E-state index in [9.17, 15) is 14.4 Å². The predicted molar refractivity (Wildman–Crippen MR) is 133 cm³/mol. The number of carbonyl (C=O) groups is 3. The number of nitrogens with zero attached hydrogens (tertiary/aromatic N) is 5. The topological polar surface area (TPSA) is 122 Å². The lowest BCUT2D eigenvalue weighted by Crippen LogP contribution is -2.24. The molecule has 0 radical (unpaired) electrons. The standard InChI is InChI=1S/C21H24ClN7O3S2/c1-12-17(18(27-29(12)4)19(32)28(2)3)23-15(30)9-10-16(31)24-20-25-26-21(34-20)33-11-13-5-7-14(22)8-6-13/h5-8H,9-11H2,1-4H3,(H,23,30)(H,24,25,31). The Balaban J connectivity index is 1.49. The lowest BCUT2D eigenvalue weighted by Gasteiger charge is -2.10. The smallest absolute Gasteiger partial charge is 0.276 e. The van der Waals surface area contributed by atoms with Crippen LogP contribution in [0.1, 0.15) is 34.6 Å². The van der Waals surface area contributed by atoms with Crippen molar-refractivity contribution in [1.82, 2.24) is 24.9 Å². The third kappa shape index (κ3) is 6.78. The van der Waals surface area contributed by atoms with Crippen molar-refractivity contribution in [2.45, 2.75) is 29.9 Å². The van der Waals surface area contributed by atoms with Crippen LogP contribution in [0.2, 0.25) is 5.02 Å². The van der Waals surface area contributed by atoms with Gasteiger partial charge < -0.3 is 15.5 Å². The highest BCUT2D eigenvalue weighted by molar-refractivity contribution is 8.00. The van der Waals surface area contributed by atoms with Crippen molar-refractivity contribution in [2.75, 3.05) is 24.7 Å². The molecule has 1 aromatic carbocycles. The molecule has 0 aliphatic carbocycles. The first kappa shape index (κ1) is 25.7. The van der Waals surface area contributed by atoms with Crippen LogP contribution < -0.4 is 10.6 Å². The van der Waals surface area contributed by atoms with Crippen LogP contribution in [-0.4, -0.2) is 56.7 Å². The first-order chi connectivity index (χ1) is 16.1. The molecule has 10 nitrogen and oxygen atoms in total. The largest absolute Gasteiger partial charge is 0.343 e. The van der Waals surface area contributed by atoms with Crippen molar-refractivity contribution in [3.63, 3.8) is 0 Å². The third-order valence-electron chi connectivity index (χ3n) is 4.71. The minimum Gasteiger partial charge on any atom is -0.343 e. The summed E-state index contributed by atoms with van der Waals surface area (Å²) in [6.45, 7) is 1.75. The van der Waals surface area contributed by atoms with E-state index < -0.39 is 5.91 Å². The molecule has 180 valence electrons. The number of nitrogens with one attached hydrogen (secondary N) is 2. The maximum atomic E-state index is 12.4. The SMILES string of the molecule is Cc1c(NC(=O)CCC(=O)Nc2nnc(SCc3ccc(Cl)cc3)s2)c(C(=O)N(C)C)nn1C. The van der Waals surface area contributed by atoms with Crippen LogP contribution in [0, 0.1) is 6.92 Å². The van der Waals surface area contributed by atoms with E-state index in [0.29, 0.717) is 31.6 Å². The number of carbonyl (C=O) groups excluding carboxylic acids is 3. The molecule has 0 atom stereocenters. The van der Waals surface area contributed by atoms with Gasteiger partial charge in [0.05, 0.1) is 11.4 Å². The summed E-state index contributed by atoms with van der Waals surface area (Å²) in [5.74, 6) is -0.368. The Morgan fingerprint density at radius 2 is 1.74 bits per heavy atom. The normalized spacial score (nSPS) is 10.7. The maximum absolute atomic E-state index is 12.4. The molecule has 0 fully saturated rings. The van der Waals surface area contributed by atoms with E-state index in [2.05, 4.69) is 25.9 Å². The molecular formula is C21H24ClN7O3S2. The van der Waals surface area contributed by atoms with Gasteiger partial charge in [0.2, 0.25) is 16.9 Å². The van der Waals surface area contributed by atoms with Gasteiger partial charge in [-0.15, -0.1) is 10.2 Å². The first-order valence-electron chi connectivity index (χ1n) is 10.2. The monoisotopic (exact) mass is 521 g/mol. The number of aromatic nitrogens is 4. The Bertz CT molecular complexity index is 1190. The molecule has 0 aliphatic heterocycles. The van der Waals surface area contributed by atoms with E-state index >= 15 is 0 Å². The number of thioether (sulfide) groups is 1. The van der Waals surface area contributed by atoms with Gasteiger partial charge in [-0.05, 0) is 24.6 Å². The number of amides is 3. The van der Waals surface area contributed by atoms with Crippen molar-refractivity contribution < 1.29 is 14.4 Å². The van der Waals surface area contributed by atoms with Crippen molar-refractivity contribution in [2.24, 2.45) is 7.05 Å². The number of benzene rings is 1. The molecule has 2 aromatic heterocycles. The van der Waals surface area contributed by atoms with Gasteiger partial charge in [-0.1, -0.05) is 46.8 Å². The first-order valence-corrected chi connectivity index (χ1v) is 12.4. The van der Waals surface area contributed by atoms with Crippen LogP contribution in [0.5, 0.6) is 0 Å². The van der Waals surface area contributed by atoms with E-state index in [-0.39, 0.29) is 30.3 Å². The van der Waals surface area contributed by atoms with Crippen LogP contribution in [0.25, 0.3) is 0 Å². The van der Waals surface area contributed by atoms with Crippen molar-refractivity contribution in [1.29, 1.82) is 0 Å². The lowest BCUT2D eigenvalue weighted by atomic mass is 10.2. The van der Waals surface area contributed by atoms with E-state index in [1.165, 1.54) is 32.7 Å². The van der Waals surface area contributed by atoms with Crippen LogP contribution in [0.15, 0.2) is 28.6 Å². The Kier molecular flexibility index (Phi) is 8.64. The molecule has 3 aromatic rings. The summed E-state index contributed by atoms with van der Waals surface area (Å²) in [5.41, 5.74) is 2.24. The van der Waals surface area contributed by atoms with Gasteiger partial charge >= 0.3 is 0 Å². The second kappa shape index (κ2) is 11.4. The molecule has 2 heterocycles. The van der Waals surface area contributed by atoms with Gasteiger partial charge in [0, 0.05) is 44.8 Å². The van der Waals surface area contributed by atoms with E-state index in [4.69, 9.17) is 11.6 Å². The van der Waals surface area contributed by atoms with Gasteiger partial charge in [0.15, 0.2) is 10.0 Å². The van der Waals surface area contributed by atoms with Crippen LogP contribution in [0.3, 0.4) is 0 Å². The minimum absolute atomic E-state index is 0.0467. The second-order valence-electron chi connectivity index (χ2n) is 7.52. The zero-order chi connectivity index (χ0) is 24.8. The van der Waals surface area contributed by atoms with Crippen LogP contribution in [-0.2, 0) is 22.4 Å². The molecule has 13 heteroatoms. The predicted octanol–water partition coefficient (Wildman–Crippen LogP) is 3.58. The van der Waals surface area contributed by atoms with E-state index in [1.54, 1.807) is 28.1 Å². The summed E-state index contributed by atoms with van der Waals surface area (Å²) >= 11 is 8.66. The summed E-state index contributed by atoms with van der Waals surface area (Å²) in [4.78, 5) is 38.4. The van der Waals surface area contributed by atoms with Gasteiger partial charge in [0.25, 0.3) is 5.91 Å². The molecule has 3 amide bonds. The van der Waals surface area contributed by atoms with Crippen molar-refractivity contribution in [3.05, 3.63) is 46.2 Å². The highest BCUT2D eigenvalue weighted by Gasteiger charge is 2.23. The quantitative estimate of drug-likeness (QED) is 0.326. The highest BCUT2D eigenvalue weighted by Crippen LogP contribution is 2.29. The fourth-order valence-electron chi connectivity index (χ4n) is 2.77. The van der Waals surface area contributed by atoms with Gasteiger partial charge in [-0.25, -0.2) is 0 Å².